The molecule has 1 aliphatic carbocycles. The largest absolute Gasteiger partial charge is 0.389 e. The fourth-order valence-electron chi connectivity index (χ4n) is 2.57. The van der Waals surface area contributed by atoms with Crippen molar-refractivity contribution < 1.29 is 4.39 Å². The molecule has 0 radical (unpaired) electrons. The van der Waals surface area contributed by atoms with E-state index in [0.717, 1.165) is 5.01 Å². The van der Waals surface area contributed by atoms with E-state index in [0.29, 0.717) is 27.2 Å². The number of nitrogens with zero attached hydrogens (tertiary/aromatic N) is 1. The van der Waals surface area contributed by atoms with Crippen molar-refractivity contribution in [3.8, 4) is 11.3 Å². The van der Waals surface area contributed by atoms with Crippen LogP contribution in [-0.2, 0) is 0 Å². The first kappa shape index (κ1) is 12.9. The van der Waals surface area contributed by atoms with Gasteiger partial charge >= 0.3 is 0 Å². The number of aromatic nitrogens is 1. The van der Waals surface area contributed by atoms with Gasteiger partial charge in [-0.1, -0.05) is 24.4 Å². The van der Waals surface area contributed by atoms with E-state index in [1.807, 2.05) is 0 Å². The quantitative estimate of drug-likeness (QED) is 0.861. The fourth-order valence-corrected chi connectivity index (χ4v) is 3.84. The summed E-state index contributed by atoms with van der Waals surface area (Å²) in [6, 6.07) is 4.32. The molecule has 19 heavy (non-hydrogen) atoms. The Hall–Kier alpha value is -1.13. The van der Waals surface area contributed by atoms with Gasteiger partial charge in [0.1, 0.15) is 16.5 Å². The van der Waals surface area contributed by atoms with Gasteiger partial charge in [-0.2, -0.15) is 0 Å². The summed E-state index contributed by atoms with van der Waals surface area (Å²) in [7, 11) is 0. The minimum Gasteiger partial charge on any atom is -0.389 e. The minimum absolute atomic E-state index is 0.349. The third kappa shape index (κ3) is 2.47. The topological polar surface area (TPSA) is 38.9 Å². The van der Waals surface area contributed by atoms with Gasteiger partial charge in [0.25, 0.3) is 0 Å². The molecule has 0 amide bonds. The van der Waals surface area contributed by atoms with Gasteiger partial charge in [-0.3, -0.25) is 0 Å². The lowest BCUT2D eigenvalue weighted by atomic mass is 10.1. The van der Waals surface area contributed by atoms with Crippen LogP contribution < -0.4 is 5.73 Å². The van der Waals surface area contributed by atoms with Crippen LogP contribution in [0.25, 0.3) is 11.3 Å². The highest BCUT2D eigenvalue weighted by Gasteiger charge is 2.23. The van der Waals surface area contributed by atoms with Gasteiger partial charge in [-0.05, 0) is 31.0 Å². The first-order valence-electron chi connectivity index (χ1n) is 6.37. The summed E-state index contributed by atoms with van der Waals surface area (Å²) in [6.07, 6.45) is 4.89. The molecule has 5 heteroatoms. The Morgan fingerprint density at radius 3 is 2.74 bits per heavy atom. The Kier molecular flexibility index (Phi) is 3.46. The first-order valence-corrected chi connectivity index (χ1v) is 7.56. The smallest absolute Gasteiger partial charge is 0.124 e. The third-order valence-electron chi connectivity index (χ3n) is 3.56. The lowest BCUT2D eigenvalue weighted by molar-refractivity contribution is 0.628. The van der Waals surface area contributed by atoms with Gasteiger partial charge in [-0.15, -0.1) is 11.3 Å². The molecule has 1 heterocycles. The van der Waals surface area contributed by atoms with Crippen LogP contribution in [0.15, 0.2) is 18.2 Å². The van der Waals surface area contributed by atoms with Gasteiger partial charge in [0.15, 0.2) is 0 Å². The highest BCUT2D eigenvalue weighted by Crippen LogP contribution is 2.42. The molecular weight excluding hydrogens is 283 g/mol. The van der Waals surface area contributed by atoms with Gasteiger partial charge in [0, 0.05) is 11.5 Å². The normalized spacial score (nSPS) is 16.1. The van der Waals surface area contributed by atoms with Gasteiger partial charge in [0.2, 0.25) is 0 Å². The first-order chi connectivity index (χ1) is 9.15. The van der Waals surface area contributed by atoms with Crippen LogP contribution in [0.2, 0.25) is 5.02 Å². The predicted octanol–water partition coefficient (Wildman–Crippen LogP) is 4.84. The van der Waals surface area contributed by atoms with E-state index >= 15 is 0 Å². The van der Waals surface area contributed by atoms with Crippen LogP contribution in [0.4, 0.5) is 9.39 Å². The zero-order valence-electron chi connectivity index (χ0n) is 10.3. The van der Waals surface area contributed by atoms with Crippen LogP contribution in [0.5, 0.6) is 0 Å². The van der Waals surface area contributed by atoms with Crippen molar-refractivity contribution in [2.75, 3.05) is 5.73 Å². The molecule has 1 saturated carbocycles. The number of rotatable bonds is 2. The average molecular weight is 297 g/mol. The Morgan fingerprint density at radius 1 is 1.32 bits per heavy atom. The Morgan fingerprint density at radius 2 is 2.05 bits per heavy atom. The van der Waals surface area contributed by atoms with E-state index in [4.69, 9.17) is 17.3 Å². The van der Waals surface area contributed by atoms with Crippen LogP contribution in [0.3, 0.4) is 0 Å². The second-order valence-electron chi connectivity index (χ2n) is 4.87. The van der Waals surface area contributed by atoms with Crippen LogP contribution in [0, 0.1) is 5.82 Å². The number of thiazole rings is 1. The van der Waals surface area contributed by atoms with E-state index in [1.165, 1.54) is 49.2 Å². The molecule has 2 nitrogen and oxygen atoms in total. The fraction of sp³-hybridized carbons (Fsp3) is 0.357. The van der Waals surface area contributed by atoms with Crippen molar-refractivity contribution in [1.29, 1.82) is 0 Å². The van der Waals surface area contributed by atoms with Gasteiger partial charge in [0.05, 0.1) is 10.0 Å². The van der Waals surface area contributed by atoms with Gasteiger partial charge < -0.3 is 5.73 Å². The van der Waals surface area contributed by atoms with E-state index in [9.17, 15) is 4.39 Å². The maximum atomic E-state index is 13.1. The molecule has 2 aromatic rings. The van der Waals surface area contributed by atoms with Crippen molar-refractivity contribution >= 4 is 27.9 Å². The molecule has 1 aliphatic rings. The molecule has 0 saturated heterocycles. The zero-order valence-corrected chi connectivity index (χ0v) is 11.9. The van der Waals surface area contributed by atoms with Crippen molar-refractivity contribution in [3.63, 3.8) is 0 Å². The van der Waals surface area contributed by atoms with Crippen LogP contribution >= 0.6 is 22.9 Å². The number of nitrogen functional groups attached to an aromatic ring is 1. The number of benzene rings is 1. The molecule has 0 spiro atoms. The number of nitrogens with two attached hydrogens (primary N) is 1. The highest BCUT2D eigenvalue weighted by atomic mass is 35.5. The second-order valence-corrected chi connectivity index (χ2v) is 6.34. The van der Waals surface area contributed by atoms with Gasteiger partial charge in [-0.25, -0.2) is 9.37 Å². The van der Waals surface area contributed by atoms with Crippen molar-refractivity contribution in [2.45, 2.75) is 31.6 Å². The summed E-state index contributed by atoms with van der Waals surface area (Å²) >= 11 is 7.61. The summed E-state index contributed by atoms with van der Waals surface area (Å²) in [5, 5.41) is 2.11. The van der Waals surface area contributed by atoms with Crippen molar-refractivity contribution in [3.05, 3.63) is 34.0 Å². The molecule has 1 aromatic heterocycles. The standard InChI is InChI=1S/C14H14ClFN2S/c15-11-7-9(16)5-6-10(11)12-13(17)19-14(18-12)8-3-1-2-4-8/h5-8H,1-4,17H2. The molecule has 3 rings (SSSR count). The monoisotopic (exact) mass is 296 g/mol. The predicted molar refractivity (Wildman–Crippen MR) is 78.1 cm³/mol. The van der Waals surface area contributed by atoms with Crippen molar-refractivity contribution in [2.24, 2.45) is 0 Å². The highest BCUT2D eigenvalue weighted by molar-refractivity contribution is 7.16. The molecule has 0 atom stereocenters. The maximum absolute atomic E-state index is 13.1. The van der Waals surface area contributed by atoms with E-state index in [1.54, 1.807) is 6.07 Å². The Labute approximate surface area is 120 Å². The third-order valence-corrected chi connectivity index (χ3v) is 4.92. The van der Waals surface area contributed by atoms with Crippen LogP contribution in [-0.4, -0.2) is 4.98 Å². The summed E-state index contributed by atoms with van der Waals surface area (Å²) in [5.41, 5.74) is 7.45. The molecule has 0 aliphatic heterocycles. The lowest BCUT2D eigenvalue weighted by Crippen LogP contribution is -1.91. The lowest BCUT2D eigenvalue weighted by Gasteiger charge is -2.03. The maximum Gasteiger partial charge on any atom is 0.124 e. The Balaban J connectivity index is 2.00. The SMILES string of the molecule is Nc1sc(C2CCCC2)nc1-c1ccc(F)cc1Cl. The van der Waals surface area contributed by atoms with E-state index < -0.39 is 0 Å². The summed E-state index contributed by atoms with van der Waals surface area (Å²) in [5.74, 6) is 0.179. The molecule has 2 N–H and O–H groups in total. The molecule has 0 bridgehead atoms. The van der Waals surface area contributed by atoms with E-state index in [2.05, 4.69) is 4.98 Å². The molecule has 1 aromatic carbocycles. The van der Waals surface area contributed by atoms with E-state index in [-0.39, 0.29) is 5.82 Å². The molecular formula is C14H14ClFN2S. The molecule has 1 fully saturated rings. The number of halogens is 2. The second kappa shape index (κ2) is 5.10. The number of hydrogen-bond donors (Lipinski definition) is 1. The Bertz CT molecular complexity index is 605. The number of hydrogen-bond acceptors (Lipinski definition) is 3. The number of anilines is 1. The minimum atomic E-state index is -0.349. The molecule has 0 unspecified atom stereocenters. The summed E-state index contributed by atoms with van der Waals surface area (Å²) < 4.78 is 13.1. The summed E-state index contributed by atoms with van der Waals surface area (Å²) in [4.78, 5) is 4.64. The van der Waals surface area contributed by atoms with Crippen LogP contribution in [0.1, 0.15) is 36.6 Å². The zero-order chi connectivity index (χ0) is 13.4. The molecule has 100 valence electrons. The van der Waals surface area contributed by atoms with Crippen molar-refractivity contribution in [1.82, 2.24) is 4.98 Å². The average Bonchev–Trinajstić information content (AvgIpc) is 2.98. The summed E-state index contributed by atoms with van der Waals surface area (Å²) in [6.45, 7) is 0.